The highest BCUT2D eigenvalue weighted by Gasteiger charge is 2.47. The average molecular weight is 355 g/mol. The molecule has 1 aliphatic carbocycles. The number of nitrogens with two attached hydrogens (primary N) is 1. The minimum atomic E-state index is -0.218. The van der Waals surface area contributed by atoms with E-state index in [2.05, 4.69) is 11.9 Å². The molecule has 4 rings (SSSR count). The maximum Gasteiger partial charge on any atom is 0.262 e. The van der Waals surface area contributed by atoms with Crippen molar-refractivity contribution in [3.05, 3.63) is 39.8 Å². The first-order valence-electron chi connectivity index (χ1n) is 9.63. The van der Waals surface area contributed by atoms with Crippen LogP contribution in [0, 0.1) is 12.3 Å². The van der Waals surface area contributed by atoms with Crippen molar-refractivity contribution >= 4 is 10.8 Å². The fourth-order valence-corrected chi connectivity index (χ4v) is 4.87. The number of hydrogen-bond acceptors (Lipinski definition) is 4. The van der Waals surface area contributed by atoms with Crippen LogP contribution in [0.2, 0.25) is 0 Å². The predicted molar refractivity (Wildman–Crippen MR) is 105 cm³/mol. The van der Waals surface area contributed by atoms with Crippen LogP contribution >= 0.6 is 0 Å². The number of benzene rings is 1. The van der Waals surface area contributed by atoms with Crippen LogP contribution in [-0.4, -0.2) is 34.7 Å². The number of piperidine rings is 1. The van der Waals surface area contributed by atoms with E-state index in [1.165, 1.54) is 12.8 Å². The number of aromatic hydroxyl groups is 1. The number of aromatic nitrogens is 1. The zero-order valence-electron chi connectivity index (χ0n) is 16.0. The number of nitrogens with zero attached hydrogens (tertiary/aromatic N) is 2. The fourth-order valence-electron chi connectivity index (χ4n) is 4.87. The van der Waals surface area contributed by atoms with Crippen LogP contribution in [0.1, 0.15) is 55.9 Å². The molecule has 2 fully saturated rings. The summed E-state index contributed by atoms with van der Waals surface area (Å²) in [6.07, 6.45) is 4.50. The lowest BCUT2D eigenvalue weighted by atomic mass is 9.60. The second-order valence-corrected chi connectivity index (χ2v) is 8.59. The average Bonchev–Trinajstić information content (AvgIpc) is 2.57. The highest BCUT2D eigenvalue weighted by molar-refractivity contribution is 5.88. The Hall–Kier alpha value is -1.85. The van der Waals surface area contributed by atoms with Crippen molar-refractivity contribution in [2.75, 3.05) is 20.1 Å². The molecule has 5 heteroatoms. The van der Waals surface area contributed by atoms with Crippen LogP contribution in [-0.2, 0) is 0 Å². The SMILES string of the molecule is Cc1ccc2cc([C@H](C)N)n(C3CC4(CCN(C)CC4)C3)c(=O)c2c1O. The lowest BCUT2D eigenvalue weighted by Crippen LogP contribution is -2.49. The van der Waals surface area contributed by atoms with E-state index >= 15 is 0 Å². The molecule has 1 aliphatic heterocycles. The lowest BCUT2D eigenvalue weighted by molar-refractivity contribution is -0.00282. The van der Waals surface area contributed by atoms with Crippen molar-refractivity contribution in [2.24, 2.45) is 11.1 Å². The van der Waals surface area contributed by atoms with Gasteiger partial charge in [0.25, 0.3) is 5.56 Å². The van der Waals surface area contributed by atoms with Crippen LogP contribution in [0.5, 0.6) is 5.75 Å². The molecule has 1 saturated carbocycles. The molecule has 0 bridgehead atoms. The lowest BCUT2D eigenvalue weighted by Gasteiger charge is -2.52. The highest BCUT2D eigenvalue weighted by atomic mass is 16.3. The predicted octanol–water partition coefficient (Wildman–Crippen LogP) is 3.08. The van der Waals surface area contributed by atoms with Crippen molar-refractivity contribution in [2.45, 2.75) is 51.6 Å². The Bertz CT molecular complexity index is 900. The molecule has 2 aliphatic rings. The van der Waals surface area contributed by atoms with Gasteiger partial charge in [-0.2, -0.15) is 0 Å². The smallest absolute Gasteiger partial charge is 0.262 e. The van der Waals surface area contributed by atoms with E-state index in [0.29, 0.717) is 10.8 Å². The first-order valence-corrected chi connectivity index (χ1v) is 9.63. The molecule has 0 amide bonds. The normalized spacial score (nSPS) is 21.8. The van der Waals surface area contributed by atoms with E-state index in [-0.39, 0.29) is 23.4 Å². The molecule has 1 atom stereocenters. The summed E-state index contributed by atoms with van der Waals surface area (Å²) in [6.45, 7) is 6.03. The second-order valence-electron chi connectivity index (χ2n) is 8.59. The molecule has 1 spiro atoms. The van der Waals surface area contributed by atoms with E-state index < -0.39 is 0 Å². The number of pyridine rings is 1. The Kier molecular flexibility index (Phi) is 4.12. The van der Waals surface area contributed by atoms with E-state index in [9.17, 15) is 9.90 Å². The molecule has 0 unspecified atom stereocenters. The molecular weight excluding hydrogens is 326 g/mol. The van der Waals surface area contributed by atoms with Crippen molar-refractivity contribution < 1.29 is 5.11 Å². The van der Waals surface area contributed by atoms with Crippen LogP contribution < -0.4 is 11.3 Å². The third-order valence-electron chi connectivity index (χ3n) is 6.64. The zero-order chi connectivity index (χ0) is 18.6. The van der Waals surface area contributed by atoms with Crippen molar-refractivity contribution in [1.82, 2.24) is 9.47 Å². The summed E-state index contributed by atoms with van der Waals surface area (Å²) in [5.74, 6) is 0.103. The topological polar surface area (TPSA) is 71.5 Å². The van der Waals surface area contributed by atoms with Gasteiger partial charge < -0.3 is 20.3 Å². The molecule has 140 valence electrons. The third kappa shape index (κ3) is 2.65. The fraction of sp³-hybridized carbons (Fsp3) is 0.571. The van der Waals surface area contributed by atoms with E-state index in [1.807, 2.05) is 36.6 Å². The van der Waals surface area contributed by atoms with Crippen molar-refractivity contribution in [3.8, 4) is 5.75 Å². The maximum absolute atomic E-state index is 13.3. The number of aryl methyl sites for hydroxylation is 1. The Morgan fingerprint density at radius 3 is 2.54 bits per heavy atom. The van der Waals surface area contributed by atoms with Gasteiger partial charge in [0.1, 0.15) is 5.75 Å². The Morgan fingerprint density at radius 1 is 1.27 bits per heavy atom. The summed E-state index contributed by atoms with van der Waals surface area (Å²) in [5, 5.41) is 11.7. The van der Waals surface area contributed by atoms with Gasteiger partial charge in [0.05, 0.1) is 5.39 Å². The van der Waals surface area contributed by atoms with E-state index in [4.69, 9.17) is 5.73 Å². The summed E-state index contributed by atoms with van der Waals surface area (Å²) in [4.78, 5) is 15.7. The number of fused-ring (bicyclic) bond motifs is 1. The monoisotopic (exact) mass is 355 g/mol. The molecular formula is C21H29N3O2. The summed E-state index contributed by atoms with van der Waals surface area (Å²) in [5.41, 5.74) is 8.11. The van der Waals surface area contributed by atoms with Gasteiger partial charge >= 0.3 is 0 Å². The molecule has 2 heterocycles. The van der Waals surface area contributed by atoms with Gasteiger partial charge in [-0.3, -0.25) is 4.79 Å². The van der Waals surface area contributed by atoms with Gasteiger partial charge in [0.2, 0.25) is 0 Å². The third-order valence-corrected chi connectivity index (χ3v) is 6.64. The molecule has 2 aromatic rings. The number of phenols is 1. The van der Waals surface area contributed by atoms with Crippen molar-refractivity contribution in [1.29, 1.82) is 0 Å². The number of likely N-dealkylation sites (tertiary alicyclic amines) is 1. The molecule has 1 saturated heterocycles. The quantitative estimate of drug-likeness (QED) is 0.868. The maximum atomic E-state index is 13.3. The Labute approximate surface area is 154 Å². The number of hydrogen-bond donors (Lipinski definition) is 2. The summed E-state index contributed by atoms with van der Waals surface area (Å²) < 4.78 is 1.88. The summed E-state index contributed by atoms with van der Waals surface area (Å²) in [6, 6.07) is 5.71. The Morgan fingerprint density at radius 2 is 1.92 bits per heavy atom. The van der Waals surface area contributed by atoms with Gasteiger partial charge in [-0.05, 0) is 82.1 Å². The first kappa shape index (κ1) is 17.6. The first-order chi connectivity index (χ1) is 12.3. The van der Waals surface area contributed by atoms with Crippen molar-refractivity contribution in [3.63, 3.8) is 0 Å². The highest BCUT2D eigenvalue weighted by Crippen LogP contribution is 2.54. The van der Waals surface area contributed by atoms with Gasteiger partial charge in [0.15, 0.2) is 0 Å². The molecule has 0 radical (unpaired) electrons. The summed E-state index contributed by atoms with van der Waals surface area (Å²) in [7, 11) is 2.18. The molecule has 1 aromatic carbocycles. The zero-order valence-corrected chi connectivity index (χ0v) is 16.0. The van der Waals surface area contributed by atoms with E-state index in [1.54, 1.807) is 0 Å². The Balaban J connectivity index is 1.77. The summed E-state index contributed by atoms with van der Waals surface area (Å²) >= 11 is 0. The largest absolute Gasteiger partial charge is 0.507 e. The minimum Gasteiger partial charge on any atom is -0.507 e. The minimum absolute atomic E-state index is 0.0937. The second kappa shape index (κ2) is 6.10. The number of rotatable bonds is 2. The van der Waals surface area contributed by atoms with Crippen LogP contribution in [0.25, 0.3) is 10.8 Å². The molecule has 5 nitrogen and oxygen atoms in total. The van der Waals surface area contributed by atoms with Crippen LogP contribution in [0.4, 0.5) is 0 Å². The van der Waals surface area contributed by atoms with Gasteiger partial charge in [-0.1, -0.05) is 12.1 Å². The van der Waals surface area contributed by atoms with Crippen LogP contribution in [0.15, 0.2) is 23.0 Å². The standard InChI is InChI=1S/C21H29N3O2/c1-13-4-5-15-10-17(14(2)22)24(20(26)18(15)19(13)25)16-11-21(12-16)6-8-23(3)9-7-21/h4-5,10,14,16,25H,6-9,11-12,22H2,1-3H3/t14-/m0/s1. The molecule has 3 N–H and O–H groups in total. The van der Waals surface area contributed by atoms with Gasteiger partial charge in [-0.15, -0.1) is 0 Å². The molecule has 26 heavy (non-hydrogen) atoms. The van der Waals surface area contributed by atoms with Gasteiger partial charge in [-0.25, -0.2) is 0 Å². The van der Waals surface area contributed by atoms with Gasteiger partial charge in [0, 0.05) is 17.8 Å². The van der Waals surface area contributed by atoms with Crippen LogP contribution in [0.3, 0.4) is 0 Å². The molecule has 1 aromatic heterocycles. The van der Waals surface area contributed by atoms with E-state index in [0.717, 1.165) is 42.6 Å². The number of phenolic OH excluding ortho intramolecular Hbond substituents is 1.